The van der Waals surface area contributed by atoms with E-state index >= 15 is 0 Å². The zero-order valence-corrected chi connectivity index (χ0v) is 8.17. The first-order chi connectivity index (χ1) is 5.77. The van der Waals surface area contributed by atoms with E-state index in [1.54, 1.807) is 6.20 Å². The zero-order valence-electron chi connectivity index (χ0n) is 7.42. The topological polar surface area (TPSA) is 17.8 Å². The summed E-state index contributed by atoms with van der Waals surface area (Å²) < 4.78 is 2.08. The highest BCUT2D eigenvalue weighted by molar-refractivity contribution is 6.19. The van der Waals surface area contributed by atoms with E-state index in [-0.39, 0.29) is 0 Å². The third-order valence-electron chi connectivity index (χ3n) is 1.67. The first-order valence-corrected chi connectivity index (χ1v) is 4.55. The lowest BCUT2D eigenvalue weighted by Crippen LogP contribution is -1.95. The van der Waals surface area contributed by atoms with Gasteiger partial charge in [-0.3, -0.25) is 0 Å². The van der Waals surface area contributed by atoms with E-state index in [1.165, 1.54) is 0 Å². The van der Waals surface area contributed by atoms with Gasteiger partial charge in [0, 0.05) is 24.8 Å². The van der Waals surface area contributed by atoms with Crippen LogP contribution in [0, 0.1) is 0 Å². The molecule has 0 saturated carbocycles. The summed E-state index contributed by atoms with van der Waals surface area (Å²) in [7, 11) is 0. The van der Waals surface area contributed by atoms with Crippen molar-refractivity contribution in [3.05, 3.63) is 23.8 Å². The number of aryl methyl sites for hydroxylation is 1. The Kier molecular flexibility index (Phi) is 3.35. The first kappa shape index (κ1) is 9.33. The lowest BCUT2D eigenvalue weighted by molar-refractivity contribution is 0.752. The van der Waals surface area contributed by atoms with Crippen molar-refractivity contribution in [1.29, 1.82) is 0 Å². The standard InChI is InChI=1S/C9H13ClN2/c1-3-12-5-4-11-9(12)6-8(2)7-10/h4-6H,3,7H2,1-2H3/b8-6-. The van der Waals surface area contributed by atoms with Gasteiger partial charge in [-0.2, -0.15) is 0 Å². The molecule has 0 amide bonds. The summed E-state index contributed by atoms with van der Waals surface area (Å²) in [6.45, 7) is 5.04. The van der Waals surface area contributed by atoms with Gasteiger partial charge in [-0.1, -0.05) is 5.57 Å². The summed E-state index contributed by atoms with van der Waals surface area (Å²) in [5.74, 6) is 1.55. The highest BCUT2D eigenvalue weighted by Gasteiger charge is 1.96. The number of nitrogens with zero attached hydrogens (tertiary/aromatic N) is 2. The van der Waals surface area contributed by atoms with Gasteiger partial charge in [0.05, 0.1) is 0 Å². The van der Waals surface area contributed by atoms with Crippen LogP contribution in [0.4, 0.5) is 0 Å². The smallest absolute Gasteiger partial charge is 0.132 e. The Labute approximate surface area is 77.9 Å². The van der Waals surface area contributed by atoms with Crippen molar-refractivity contribution in [3.63, 3.8) is 0 Å². The van der Waals surface area contributed by atoms with Crippen molar-refractivity contribution < 1.29 is 0 Å². The Morgan fingerprint density at radius 3 is 3.08 bits per heavy atom. The van der Waals surface area contributed by atoms with Gasteiger partial charge in [0.2, 0.25) is 0 Å². The van der Waals surface area contributed by atoms with Gasteiger partial charge >= 0.3 is 0 Å². The second-order valence-corrected chi connectivity index (χ2v) is 2.96. The van der Waals surface area contributed by atoms with E-state index in [9.17, 15) is 0 Å². The monoisotopic (exact) mass is 184 g/mol. The molecule has 1 rings (SSSR count). The highest BCUT2D eigenvalue weighted by atomic mass is 35.5. The first-order valence-electron chi connectivity index (χ1n) is 4.02. The second kappa shape index (κ2) is 4.31. The second-order valence-electron chi connectivity index (χ2n) is 2.70. The summed E-state index contributed by atoms with van der Waals surface area (Å²) in [4.78, 5) is 4.20. The molecule has 0 N–H and O–H groups in total. The maximum absolute atomic E-state index is 5.66. The van der Waals surface area contributed by atoms with Crippen molar-refractivity contribution in [2.24, 2.45) is 0 Å². The molecule has 0 radical (unpaired) electrons. The maximum atomic E-state index is 5.66. The minimum Gasteiger partial charge on any atom is -0.332 e. The molecule has 0 aromatic carbocycles. The molecule has 1 aromatic heterocycles. The number of alkyl halides is 1. The Balaban J connectivity index is 2.87. The molecular weight excluding hydrogens is 172 g/mol. The van der Waals surface area contributed by atoms with Gasteiger partial charge in [0.1, 0.15) is 5.82 Å². The van der Waals surface area contributed by atoms with Gasteiger partial charge in [0.25, 0.3) is 0 Å². The third kappa shape index (κ3) is 2.11. The fraction of sp³-hybridized carbons (Fsp3) is 0.444. The summed E-state index contributed by atoms with van der Waals surface area (Å²) >= 11 is 5.66. The lowest BCUT2D eigenvalue weighted by atomic mass is 10.3. The summed E-state index contributed by atoms with van der Waals surface area (Å²) in [5, 5.41) is 0. The largest absolute Gasteiger partial charge is 0.332 e. The molecule has 66 valence electrons. The van der Waals surface area contributed by atoms with Crippen LogP contribution in [0.3, 0.4) is 0 Å². The van der Waals surface area contributed by atoms with Crippen LogP contribution < -0.4 is 0 Å². The Bertz CT molecular complexity index is 276. The fourth-order valence-electron chi connectivity index (χ4n) is 0.987. The maximum Gasteiger partial charge on any atom is 0.132 e. The minimum atomic E-state index is 0.566. The van der Waals surface area contributed by atoms with Crippen molar-refractivity contribution in [2.75, 3.05) is 5.88 Å². The van der Waals surface area contributed by atoms with Crippen LogP contribution in [0.15, 0.2) is 18.0 Å². The molecule has 0 unspecified atom stereocenters. The number of halogens is 1. The van der Waals surface area contributed by atoms with Crippen LogP contribution in [0.2, 0.25) is 0 Å². The molecule has 0 aliphatic carbocycles. The SMILES string of the molecule is CCn1ccnc1/C=C(/C)CCl. The van der Waals surface area contributed by atoms with Gasteiger partial charge in [0.15, 0.2) is 0 Å². The number of imidazole rings is 1. The number of allylic oxidation sites excluding steroid dienone is 1. The minimum absolute atomic E-state index is 0.566. The average Bonchev–Trinajstić information content (AvgIpc) is 2.51. The molecule has 1 aromatic rings. The van der Waals surface area contributed by atoms with E-state index < -0.39 is 0 Å². The van der Waals surface area contributed by atoms with Crippen molar-refractivity contribution in [3.8, 4) is 0 Å². The molecule has 0 aliphatic heterocycles. The van der Waals surface area contributed by atoms with E-state index in [0.29, 0.717) is 5.88 Å². The average molecular weight is 185 g/mol. The Hall–Kier alpha value is -0.760. The van der Waals surface area contributed by atoms with Gasteiger partial charge in [-0.25, -0.2) is 4.98 Å². The number of rotatable bonds is 3. The van der Waals surface area contributed by atoms with Crippen molar-refractivity contribution in [1.82, 2.24) is 9.55 Å². The molecule has 3 heteroatoms. The van der Waals surface area contributed by atoms with Gasteiger partial charge in [-0.05, 0) is 19.9 Å². The van der Waals surface area contributed by atoms with Crippen LogP contribution >= 0.6 is 11.6 Å². The lowest BCUT2D eigenvalue weighted by Gasteiger charge is -2.00. The quantitative estimate of drug-likeness (QED) is 0.661. The predicted octanol–water partition coefficient (Wildman–Crippen LogP) is 2.55. The van der Waals surface area contributed by atoms with Crippen LogP contribution in [0.25, 0.3) is 6.08 Å². The van der Waals surface area contributed by atoms with Gasteiger partial charge in [-0.15, -0.1) is 11.6 Å². The molecule has 0 bridgehead atoms. The van der Waals surface area contributed by atoms with Crippen LogP contribution in [0.5, 0.6) is 0 Å². The summed E-state index contributed by atoms with van der Waals surface area (Å²) in [6, 6.07) is 0. The van der Waals surface area contributed by atoms with Crippen LogP contribution in [-0.2, 0) is 6.54 Å². The van der Waals surface area contributed by atoms with Gasteiger partial charge < -0.3 is 4.57 Å². The predicted molar refractivity (Wildman–Crippen MR) is 52.3 cm³/mol. The molecule has 2 nitrogen and oxygen atoms in total. The summed E-state index contributed by atoms with van der Waals surface area (Å²) in [5.41, 5.74) is 1.14. The number of hydrogen-bond acceptors (Lipinski definition) is 1. The fourth-order valence-corrected chi connectivity index (χ4v) is 1.06. The Morgan fingerprint density at radius 1 is 1.75 bits per heavy atom. The molecule has 0 aliphatic rings. The molecule has 12 heavy (non-hydrogen) atoms. The van der Waals surface area contributed by atoms with E-state index in [1.807, 2.05) is 19.2 Å². The van der Waals surface area contributed by atoms with E-state index in [0.717, 1.165) is 17.9 Å². The zero-order chi connectivity index (χ0) is 8.97. The highest BCUT2D eigenvalue weighted by Crippen LogP contribution is 2.05. The Morgan fingerprint density at radius 2 is 2.50 bits per heavy atom. The molecule has 0 atom stereocenters. The number of aromatic nitrogens is 2. The van der Waals surface area contributed by atoms with Crippen molar-refractivity contribution in [2.45, 2.75) is 20.4 Å². The van der Waals surface area contributed by atoms with Crippen LogP contribution in [0.1, 0.15) is 19.7 Å². The molecule has 0 fully saturated rings. The third-order valence-corrected chi connectivity index (χ3v) is 2.10. The molecule has 0 saturated heterocycles. The van der Waals surface area contributed by atoms with Crippen LogP contribution in [-0.4, -0.2) is 15.4 Å². The normalized spacial score (nSPS) is 12.1. The molecule has 0 spiro atoms. The summed E-state index contributed by atoms with van der Waals surface area (Å²) in [6.07, 6.45) is 5.78. The van der Waals surface area contributed by atoms with Crippen molar-refractivity contribution >= 4 is 17.7 Å². The molecule has 1 heterocycles. The van der Waals surface area contributed by atoms with E-state index in [4.69, 9.17) is 11.6 Å². The van der Waals surface area contributed by atoms with E-state index in [2.05, 4.69) is 16.5 Å². The molecular formula is C9H13ClN2. The number of hydrogen-bond donors (Lipinski definition) is 0.